The van der Waals surface area contributed by atoms with E-state index in [1.165, 1.54) is 12.1 Å². The fraction of sp³-hybridized carbons (Fsp3) is 0.0526. The third-order valence-corrected chi connectivity index (χ3v) is 4.12. The third kappa shape index (κ3) is 3.06. The van der Waals surface area contributed by atoms with E-state index < -0.39 is 0 Å². The van der Waals surface area contributed by atoms with Gasteiger partial charge in [-0.05, 0) is 55.5 Å². The van der Waals surface area contributed by atoms with Gasteiger partial charge in [0.15, 0.2) is 0 Å². The molecule has 4 nitrogen and oxygen atoms in total. The molecule has 0 unspecified atom stereocenters. The van der Waals surface area contributed by atoms with Gasteiger partial charge in [-0.2, -0.15) is 0 Å². The molecule has 1 N–H and O–H groups in total. The maximum Gasteiger partial charge on any atom is 0.140 e. The van der Waals surface area contributed by atoms with Gasteiger partial charge >= 0.3 is 0 Å². The second-order valence-electron chi connectivity index (χ2n) is 5.64. The maximum atomic E-state index is 13.7. The van der Waals surface area contributed by atoms with Crippen LogP contribution in [0.2, 0.25) is 5.02 Å². The smallest absolute Gasteiger partial charge is 0.140 e. The van der Waals surface area contributed by atoms with Crippen molar-refractivity contribution < 1.29 is 4.39 Å². The topological polar surface area (TPSA) is 42.7 Å². The van der Waals surface area contributed by atoms with Gasteiger partial charge in [0.05, 0.1) is 11.0 Å². The van der Waals surface area contributed by atoms with Gasteiger partial charge < -0.3 is 5.32 Å². The van der Waals surface area contributed by atoms with Crippen molar-refractivity contribution in [2.45, 2.75) is 6.92 Å². The number of benzene rings is 2. The molecule has 0 radical (unpaired) electrons. The van der Waals surface area contributed by atoms with Crippen molar-refractivity contribution >= 4 is 34.1 Å². The average Bonchev–Trinajstić information content (AvgIpc) is 2.92. The van der Waals surface area contributed by atoms with Crippen molar-refractivity contribution in [2.24, 2.45) is 0 Å². The molecule has 2 heterocycles. The summed E-state index contributed by atoms with van der Waals surface area (Å²) in [6.07, 6.45) is 0. The molecule has 4 rings (SSSR count). The Morgan fingerprint density at radius 3 is 2.60 bits per heavy atom. The lowest BCUT2D eigenvalue weighted by atomic mass is 10.3. The molecule has 0 amide bonds. The zero-order chi connectivity index (χ0) is 17.4. The molecule has 2 aromatic carbocycles. The van der Waals surface area contributed by atoms with Gasteiger partial charge in [-0.3, -0.25) is 4.57 Å². The molecular formula is C19H14ClFN4. The van der Waals surface area contributed by atoms with Crippen LogP contribution in [0.5, 0.6) is 0 Å². The van der Waals surface area contributed by atoms with Crippen LogP contribution in [0.1, 0.15) is 5.82 Å². The summed E-state index contributed by atoms with van der Waals surface area (Å²) in [4.78, 5) is 9.11. The SMILES string of the molecule is Cc1nc2ccc(F)cc2n1-c1cccc(Nc2ccc(Cl)cc2)n1. The summed E-state index contributed by atoms with van der Waals surface area (Å²) in [6.45, 7) is 1.87. The molecule has 0 spiro atoms. The van der Waals surface area contributed by atoms with Crippen molar-refractivity contribution in [3.8, 4) is 5.82 Å². The Hall–Kier alpha value is -2.92. The molecule has 0 bridgehead atoms. The molecule has 0 fully saturated rings. The van der Waals surface area contributed by atoms with Crippen molar-refractivity contribution in [1.82, 2.24) is 14.5 Å². The van der Waals surface area contributed by atoms with Crippen molar-refractivity contribution in [3.05, 3.63) is 77.3 Å². The van der Waals surface area contributed by atoms with Crippen molar-refractivity contribution in [3.63, 3.8) is 0 Å². The van der Waals surface area contributed by atoms with E-state index in [2.05, 4.69) is 15.3 Å². The highest BCUT2D eigenvalue weighted by Gasteiger charge is 2.11. The third-order valence-electron chi connectivity index (χ3n) is 3.86. The summed E-state index contributed by atoms with van der Waals surface area (Å²) >= 11 is 5.91. The predicted molar refractivity (Wildman–Crippen MR) is 98.3 cm³/mol. The number of rotatable bonds is 3. The summed E-state index contributed by atoms with van der Waals surface area (Å²) in [5.41, 5.74) is 2.30. The molecule has 25 heavy (non-hydrogen) atoms. The van der Waals surface area contributed by atoms with E-state index >= 15 is 0 Å². The first-order valence-electron chi connectivity index (χ1n) is 7.75. The number of pyridine rings is 1. The molecule has 0 saturated heterocycles. The Labute approximate surface area is 148 Å². The van der Waals surface area contributed by atoms with E-state index in [0.717, 1.165) is 17.0 Å². The van der Waals surface area contributed by atoms with E-state index in [0.29, 0.717) is 22.2 Å². The van der Waals surface area contributed by atoms with Crippen LogP contribution >= 0.6 is 11.6 Å². The number of fused-ring (bicyclic) bond motifs is 1. The number of imidazole rings is 1. The Bertz CT molecular complexity index is 1060. The fourth-order valence-electron chi connectivity index (χ4n) is 2.76. The van der Waals surface area contributed by atoms with Crippen LogP contribution < -0.4 is 5.32 Å². The first-order valence-corrected chi connectivity index (χ1v) is 8.12. The number of hydrogen-bond acceptors (Lipinski definition) is 3. The summed E-state index contributed by atoms with van der Waals surface area (Å²) in [5, 5.41) is 3.91. The number of hydrogen-bond donors (Lipinski definition) is 1. The lowest BCUT2D eigenvalue weighted by Crippen LogP contribution is -2.02. The second-order valence-corrected chi connectivity index (χ2v) is 6.08. The quantitative estimate of drug-likeness (QED) is 0.546. The normalized spacial score (nSPS) is 11.0. The van der Waals surface area contributed by atoms with Crippen molar-refractivity contribution in [1.29, 1.82) is 0 Å². The van der Waals surface area contributed by atoms with E-state index in [1.807, 2.05) is 54.0 Å². The number of anilines is 2. The van der Waals surface area contributed by atoms with Crippen LogP contribution in [-0.4, -0.2) is 14.5 Å². The van der Waals surface area contributed by atoms with E-state index in [1.54, 1.807) is 6.07 Å². The van der Waals surface area contributed by atoms with Crippen LogP contribution in [0.3, 0.4) is 0 Å². The van der Waals surface area contributed by atoms with E-state index in [9.17, 15) is 4.39 Å². The highest BCUT2D eigenvalue weighted by molar-refractivity contribution is 6.30. The maximum absolute atomic E-state index is 13.7. The Morgan fingerprint density at radius 2 is 1.80 bits per heavy atom. The number of aryl methyl sites for hydroxylation is 1. The minimum Gasteiger partial charge on any atom is -0.340 e. The van der Waals surface area contributed by atoms with Crippen LogP contribution in [0.25, 0.3) is 16.9 Å². The summed E-state index contributed by atoms with van der Waals surface area (Å²) in [6, 6.07) is 17.6. The number of halogens is 2. The van der Waals surface area contributed by atoms with Gasteiger partial charge in [0.2, 0.25) is 0 Å². The summed E-state index contributed by atoms with van der Waals surface area (Å²) in [7, 11) is 0. The molecule has 4 aromatic rings. The minimum absolute atomic E-state index is 0.302. The first-order chi connectivity index (χ1) is 12.1. The standard InChI is InChI=1S/C19H14ClFN4/c1-12-22-16-10-7-14(21)11-17(16)25(12)19-4-2-3-18(24-19)23-15-8-5-13(20)6-9-15/h2-11H,1H3,(H,23,24). The molecule has 0 aliphatic heterocycles. The molecule has 0 saturated carbocycles. The monoisotopic (exact) mass is 352 g/mol. The highest BCUT2D eigenvalue weighted by atomic mass is 35.5. The van der Waals surface area contributed by atoms with Crippen LogP contribution in [0.15, 0.2) is 60.7 Å². The number of nitrogens with zero attached hydrogens (tertiary/aromatic N) is 3. The molecule has 0 aliphatic carbocycles. The predicted octanol–water partition coefficient (Wildman–Crippen LogP) is 5.27. The molecule has 2 aromatic heterocycles. The van der Waals surface area contributed by atoms with E-state index in [-0.39, 0.29) is 5.82 Å². The number of nitrogens with one attached hydrogen (secondary N) is 1. The fourth-order valence-corrected chi connectivity index (χ4v) is 2.88. The molecule has 0 atom stereocenters. The molecule has 124 valence electrons. The van der Waals surface area contributed by atoms with Gasteiger partial charge in [-0.25, -0.2) is 14.4 Å². The van der Waals surface area contributed by atoms with Gasteiger partial charge in [-0.1, -0.05) is 17.7 Å². The van der Waals surface area contributed by atoms with E-state index in [4.69, 9.17) is 11.6 Å². The average molecular weight is 353 g/mol. The van der Waals surface area contributed by atoms with Crippen LogP contribution in [0, 0.1) is 12.7 Å². The Morgan fingerprint density at radius 1 is 1.00 bits per heavy atom. The van der Waals surface area contributed by atoms with Gasteiger partial charge in [-0.15, -0.1) is 0 Å². The lowest BCUT2D eigenvalue weighted by Gasteiger charge is -2.10. The van der Waals surface area contributed by atoms with Crippen LogP contribution in [-0.2, 0) is 0 Å². The number of aromatic nitrogens is 3. The van der Waals surface area contributed by atoms with Gasteiger partial charge in [0, 0.05) is 16.8 Å². The van der Waals surface area contributed by atoms with Gasteiger partial charge in [0.1, 0.15) is 23.3 Å². The first kappa shape index (κ1) is 15.6. The minimum atomic E-state index is -0.302. The molecule has 6 heteroatoms. The summed E-state index contributed by atoms with van der Waals surface area (Å²) < 4.78 is 15.5. The zero-order valence-electron chi connectivity index (χ0n) is 13.4. The van der Waals surface area contributed by atoms with Crippen LogP contribution in [0.4, 0.5) is 15.9 Å². The Kier molecular flexibility index (Phi) is 3.86. The second kappa shape index (κ2) is 6.18. The molecule has 0 aliphatic rings. The molecular weight excluding hydrogens is 339 g/mol. The van der Waals surface area contributed by atoms with Crippen molar-refractivity contribution in [2.75, 3.05) is 5.32 Å². The Balaban J connectivity index is 1.76. The zero-order valence-corrected chi connectivity index (χ0v) is 14.1. The van der Waals surface area contributed by atoms with Gasteiger partial charge in [0.25, 0.3) is 0 Å². The lowest BCUT2D eigenvalue weighted by molar-refractivity contribution is 0.629. The summed E-state index contributed by atoms with van der Waals surface area (Å²) in [5.74, 6) is 1.79. The largest absolute Gasteiger partial charge is 0.340 e. The highest BCUT2D eigenvalue weighted by Crippen LogP contribution is 2.23.